The van der Waals surface area contributed by atoms with Crippen LogP contribution in [0.4, 0.5) is 5.69 Å². The van der Waals surface area contributed by atoms with Gasteiger partial charge in [0, 0.05) is 56.4 Å². The number of amides is 2. The van der Waals surface area contributed by atoms with Gasteiger partial charge in [0.1, 0.15) is 0 Å². The Morgan fingerprint density at radius 1 is 1.08 bits per heavy atom. The maximum absolute atomic E-state index is 12.8. The minimum Gasteiger partial charge on any atom is -0.336 e. The highest BCUT2D eigenvalue weighted by atomic mass is 16.2. The first kappa shape index (κ1) is 15.6. The Balaban J connectivity index is 1.45. The third-order valence-electron chi connectivity index (χ3n) is 5.49. The zero-order valence-corrected chi connectivity index (χ0v) is 14.3. The molecule has 24 heavy (non-hydrogen) atoms. The Hall–Kier alpha value is -1.88. The molecule has 2 amide bonds. The lowest BCUT2D eigenvalue weighted by Crippen LogP contribution is -2.49. The van der Waals surface area contributed by atoms with Crippen molar-refractivity contribution in [3.05, 3.63) is 29.3 Å². The summed E-state index contributed by atoms with van der Waals surface area (Å²) in [6.07, 6.45) is 4.01. The Kier molecular flexibility index (Phi) is 4.04. The maximum atomic E-state index is 12.8. The van der Waals surface area contributed by atoms with Crippen molar-refractivity contribution in [2.45, 2.75) is 38.6 Å². The first-order valence-corrected chi connectivity index (χ1v) is 9.14. The second-order valence-electron chi connectivity index (χ2n) is 7.05. The number of carbonyl (C=O) groups excluding carboxylic acids is 2. The molecule has 5 heteroatoms. The largest absolute Gasteiger partial charge is 0.336 e. The molecule has 128 valence electrons. The zero-order chi connectivity index (χ0) is 16.7. The second kappa shape index (κ2) is 6.20. The first-order chi connectivity index (χ1) is 11.7. The van der Waals surface area contributed by atoms with Gasteiger partial charge in [0.2, 0.25) is 5.91 Å². The Bertz CT molecular complexity index is 661. The van der Waals surface area contributed by atoms with E-state index in [9.17, 15) is 9.59 Å². The van der Waals surface area contributed by atoms with Gasteiger partial charge in [-0.3, -0.25) is 14.5 Å². The number of nitrogens with zero attached hydrogens (tertiary/aromatic N) is 3. The topological polar surface area (TPSA) is 43.9 Å². The molecule has 1 aliphatic carbocycles. The van der Waals surface area contributed by atoms with Gasteiger partial charge in [-0.2, -0.15) is 0 Å². The van der Waals surface area contributed by atoms with Gasteiger partial charge in [-0.15, -0.1) is 0 Å². The van der Waals surface area contributed by atoms with E-state index in [0.29, 0.717) is 6.42 Å². The van der Waals surface area contributed by atoms with Crippen LogP contribution >= 0.6 is 0 Å². The van der Waals surface area contributed by atoms with Gasteiger partial charge in [-0.05, 0) is 43.0 Å². The fourth-order valence-electron chi connectivity index (χ4n) is 3.90. The van der Waals surface area contributed by atoms with E-state index < -0.39 is 0 Å². The average molecular weight is 327 g/mol. The van der Waals surface area contributed by atoms with E-state index >= 15 is 0 Å². The minimum absolute atomic E-state index is 0.133. The van der Waals surface area contributed by atoms with Crippen molar-refractivity contribution in [3.63, 3.8) is 0 Å². The summed E-state index contributed by atoms with van der Waals surface area (Å²) in [5, 5.41) is 0. The van der Waals surface area contributed by atoms with Crippen molar-refractivity contribution in [1.29, 1.82) is 0 Å². The van der Waals surface area contributed by atoms with E-state index in [0.717, 1.165) is 62.0 Å². The molecular weight excluding hydrogens is 302 g/mol. The summed E-state index contributed by atoms with van der Waals surface area (Å²) < 4.78 is 0. The molecule has 5 nitrogen and oxygen atoms in total. The molecule has 1 aromatic carbocycles. The van der Waals surface area contributed by atoms with Crippen LogP contribution in [0.3, 0.4) is 0 Å². The first-order valence-electron chi connectivity index (χ1n) is 9.14. The molecule has 1 saturated carbocycles. The molecule has 0 radical (unpaired) electrons. The monoisotopic (exact) mass is 327 g/mol. The highest BCUT2D eigenvalue weighted by Gasteiger charge is 2.32. The van der Waals surface area contributed by atoms with E-state index in [1.54, 1.807) is 0 Å². The third kappa shape index (κ3) is 2.81. The average Bonchev–Trinajstić information content (AvgIpc) is 3.39. The highest BCUT2D eigenvalue weighted by molar-refractivity contribution is 5.98. The Labute approximate surface area is 143 Å². The molecule has 1 aromatic rings. The lowest BCUT2D eigenvalue weighted by atomic mass is 10.1. The molecule has 3 aliphatic rings. The molecular formula is C19H25N3O2. The second-order valence-corrected chi connectivity index (χ2v) is 7.05. The number of carbonyl (C=O) groups is 2. The van der Waals surface area contributed by atoms with Crippen LogP contribution in [0.25, 0.3) is 0 Å². The van der Waals surface area contributed by atoms with E-state index in [4.69, 9.17) is 0 Å². The molecule has 1 saturated heterocycles. The van der Waals surface area contributed by atoms with E-state index in [1.807, 2.05) is 34.9 Å². The summed E-state index contributed by atoms with van der Waals surface area (Å²) in [6.45, 7) is 6.28. The molecule has 0 atom stereocenters. The number of benzene rings is 1. The standard InChI is InChI=1S/C19H25N3O2/c1-2-18(23)22-8-7-14-13-15(3-6-17(14)22)19(24)21-11-9-20(10-12-21)16-4-5-16/h3,6,13,16H,2,4-5,7-12H2,1H3. The summed E-state index contributed by atoms with van der Waals surface area (Å²) in [4.78, 5) is 31.1. The number of fused-ring (bicyclic) bond motifs is 1. The van der Waals surface area contributed by atoms with Crippen LogP contribution in [-0.2, 0) is 11.2 Å². The van der Waals surface area contributed by atoms with Gasteiger partial charge in [0.25, 0.3) is 5.91 Å². The van der Waals surface area contributed by atoms with Crippen molar-refractivity contribution in [3.8, 4) is 0 Å². The lowest BCUT2D eigenvalue weighted by Gasteiger charge is -2.35. The van der Waals surface area contributed by atoms with Gasteiger partial charge in [0.15, 0.2) is 0 Å². The molecule has 0 N–H and O–H groups in total. The predicted molar refractivity (Wildman–Crippen MR) is 93.3 cm³/mol. The number of hydrogen-bond donors (Lipinski definition) is 0. The van der Waals surface area contributed by atoms with Crippen molar-refractivity contribution in [1.82, 2.24) is 9.80 Å². The van der Waals surface area contributed by atoms with Gasteiger partial charge in [-0.25, -0.2) is 0 Å². The van der Waals surface area contributed by atoms with Crippen molar-refractivity contribution >= 4 is 17.5 Å². The molecule has 0 bridgehead atoms. The fraction of sp³-hybridized carbons (Fsp3) is 0.579. The third-order valence-corrected chi connectivity index (χ3v) is 5.49. The van der Waals surface area contributed by atoms with Gasteiger partial charge in [-0.1, -0.05) is 6.92 Å². The van der Waals surface area contributed by atoms with Crippen LogP contribution < -0.4 is 4.90 Å². The van der Waals surface area contributed by atoms with Crippen LogP contribution in [0, 0.1) is 0 Å². The molecule has 2 aliphatic heterocycles. The lowest BCUT2D eigenvalue weighted by molar-refractivity contribution is -0.118. The van der Waals surface area contributed by atoms with Crippen LogP contribution in [0.15, 0.2) is 18.2 Å². The van der Waals surface area contributed by atoms with Crippen molar-refractivity contribution in [2.75, 3.05) is 37.6 Å². The number of rotatable bonds is 3. The van der Waals surface area contributed by atoms with Crippen LogP contribution in [0.1, 0.15) is 42.1 Å². The predicted octanol–water partition coefficient (Wildman–Crippen LogP) is 1.91. The van der Waals surface area contributed by atoms with E-state index in [1.165, 1.54) is 12.8 Å². The van der Waals surface area contributed by atoms with Crippen LogP contribution in [0.2, 0.25) is 0 Å². The summed E-state index contributed by atoms with van der Waals surface area (Å²) in [6, 6.07) is 6.61. The Morgan fingerprint density at radius 3 is 2.50 bits per heavy atom. The van der Waals surface area contributed by atoms with Crippen molar-refractivity contribution < 1.29 is 9.59 Å². The van der Waals surface area contributed by atoms with E-state index in [-0.39, 0.29) is 11.8 Å². The normalized spacial score (nSPS) is 21.0. The summed E-state index contributed by atoms with van der Waals surface area (Å²) in [5.41, 5.74) is 2.87. The maximum Gasteiger partial charge on any atom is 0.253 e. The zero-order valence-electron chi connectivity index (χ0n) is 14.3. The summed E-state index contributed by atoms with van der Waals surface area (Å²) in [5.74, 6) is 0.289. The quantitative estimate of drug-likeness (QED) is 0.852. The molecule has 4 rings (SSSR count). The van der Waals surface area contributed by atoms with Crippen LogP contribution in [0.5, 0.6) is 0 Å². The highest BCUT2D eigenvalue weighted by Crippen LogP contribution is 2.30. The Morgan fingerprint density at radius 2 is 1.83 bits per heavy atom. The van der Waals surface area contributed by atoms with Gasteiger partial charge < -0.3 is 9.80 Å². The number of hydrogen-bond acceptors (Lipinski definition) is 3. The molecule has 0 unspecified atom stereocenters. The molecule has 0 spiro atoms. The minimum atomic E-state index is 0.133. The molecule has 2 heterocycles. The fourth-order valence-corrected chi connectivity index (χ4v) is 3.90. The molecule has 0 aromatic heterocycles. The van der Waals surface area contributed by atoms with Crippen molar-refractivity contribution in [2.24, 2.45) is 0 Å². The summed E-state index contributed by atoms with van der Waals surface area (Å²) >= 11 is 0. The SMILES string of the molecule is CCC(=O)N1CCc2cc(C(=O)N3CCN(C4CC4)CC3)ccc21. The van der Waals surface area contributed by atoms with Gasteiger partial charge in [0.05, 0.1) is 0 Å². The number of anilines is 1. The van der Waals surface area contributed by atoms with Gasteiger partial charge >= 0.3 is 0 Å². The molecule has 2 fully saturated rings. The smallest absolute Gasteiger partial charge is 0.253 e. The number of piperazine rings is 1. The summed E-state index contributed by atoms with van der Waals surface area (Å²) in [7, 11) is 0. The van der Waals surface area contributed by atoms with E-state index in [2.05, 4.69) is 4.90 Å². The van der Waals surface area contributed by atoms with Crippen LogP contribution in [-0.4, -0.2) is 60.4 Å².